The van der Waals surface area contributed by atoms with Crippen LogP contribution in [0.2, 0.25) is 0 Å². The van der Waals surface area contributed by atoms with E-state index in [-0.39, 0.29) is 0 Å². The summed E-state index contributed by atoms with van der Waals surface area (Å²) in [6, 6.07) is 14.3. The van der Waals surface area contributed by atoms with E-state index in [1.807, 2.05) is 18.2 Å². The molecule has 94 valence electrons. The molecular formula is C15H17O2P. The van der Waals surface area contributed by atoms with Crippen LogP contribution in [0.25, 0.3) is 0 Å². The van der Waals surface area contributed by atoms with Gasteiger partial charge < -0.3 is 9.47 Å². The minimum atomic E-state index is 0.537. The molecule has 0 fully saturated rings. The molecule has 2 aromatic carbocycles. The topological polar surface area (TPSA) is 18.5 Å². The Morgan fingerprint density at radius 1 is 0.833 bits per heavy atom. The maximum absolute atomic E-state index is 5.43. The van der Waals surface area contributed by atoms with Crippen LogP contribution in [0.5, 0.6) is 11.5 Å². The predicted octanol–water partition coefficient (Wildman–Crippen LogP) is 2.64. The molecule has 0 spiro atoms. The van der Waals surface area contributed by atoms with Crippen LogP contribution in [0.1, 0.15) is 5.56 Å². The van der Waals surface area contributed by atoms with Gasteiger partial charge in [0.15, 0.2) is 0 Å². The Bertz CT molecular complexity index is 516. The standard InChI is InChI=1S/C15H17O2P/c1-11-7-4-5-10-14(11)18-15-12(16-2)8-6-9-13(15)17-3/h4-10,18H,1-3H3. The Labute approximate surface area is 110 Å². The normalized spacial score (nSPS) is 10.8. The van der Waals surface area contributed by atoms with Gasteiger partial charge in [-0.15, -0.1) is 0 Å². The number of rotatable bonds is 4. The van der Waals surface area contributed by atoms with Gasteiger partial charge >= 0.3 is 0 Å². The zero-order valence-corrected chi connectivity index (χ0v) is 11.9. The fourth-order valence-electron chi connectivity index (χ4n) is 1.82. The third-order valence-corrected chi connectivity index (χ3v) is 4.41. The minimum Gasteiger partial charge on any atom is -0.496 e. The van der Waals surface area contributed by atoms with Gasteiger partial charge in [0.1, 0.15) is 11.5 Å². The van der Waals surface area contributed by atoms with Crippen molar-refractivity contribution in [2.24, 2.45) is 0 Å². The fourth-order valence-corrected chi connectivity index (χ4v) is 3.17. The lowest BCUT2D eigenvalue weighted by Gasteiger charge is -2.14. The number of hydrogen-bond acceptors (Lipinski definition) is 2. The first-order valence-electron chi connectivity index (χ1n) is 5.80. The van der Waals surface area contributed by atoms with Gasteiger partial charge in [-0.2, -0.15) is 0 Å². The van der Waals surface area contributed by atoms with Gasteiger partial charge in [0.25, 0.3) is 0 Å². The third-order valence-electron chi connectivity index (χ3n) is 2.83. The van der Waals surface area contributed by atoms with Crippen LogP contribution >= 0.6 is 8.58 Å². The van der Waals surface area contributed by atoms with E-state index in [9.17, 15) is 0 Å². The molecule has 0 amide bonds. The molecule has 0 aromatic heterocycles. The molecule has 2 nitrogen and oxygen atoms in total. The highest BCUT2D eigenvalue weighted by atomic mass is 31.1. The van der Waals surface area contributed by atoms with Crippen molar-refractivity contribution in [2.45, 2.75) is 6.92 Å². The van der Waals surface area contributed by atoms with E-state index in [0.29, 0.717) is 8.58 Å². The second-order valence-corrected chi connectivity index (χ2v) is 5.27. The van der Waals surface area contributed by atoms with E-state index in [4.69, 9.17) is 9.47 Å². The molecule has 0 aliphatic heterocycles. The van der Waals surface area contributed by atoms with Crippen LogP contribution in [0.15, 0.2) is 42.5 Å². The maximum Gasteiger partial charge on any atom is 0.130 e. The summed E-state index contributed by atoms with van der Waals surface area (Å²) in [4.78, 5) is 0. The maximum atomic E-state index is 5.43. The van der Waals surface area contributed by atoms with Crippen LogP contribution < -0.4 is 20.1 Å². The first-order valence-corrected chi connectivity index (χ1v) is 6.80. The van der Waals surface area contributed by atoms with Crippen molar-refractivity contribution >= 4 is 19.2 Å². The van der Waals surface area contributed by atoms with Crippen molar-refractivity contribution in [3.8, 4) is 11.5 Å². The third kappa shape index (κ3) is 2.65. The number of aryl methyl sites for hydroxylation is 1. The second-order valence-electron chi connectivity index (χ2n) is 3.98. The van der Waals surface area contributed by atoms with Gasteiger partial charge in [-0.1, -0.05) is 38.9 Å². The van der Waals surface area contributed by atoms with Crippen LogP contribution in [0, 0.1) is 6.92 Å². The highest BCUT2D eigenvalue weighted by Gasteiger charge is 2.11. The SMILES string of the molecule is COc1cccc(OC)c1Pc1ccccc1C. The summed E-state index contributed by atoms with van der Waals surface area (Å²) in [5, 5.41) is 2.44. The monoisotopic (exact) mass is 260 g/mol. The van der Waals surface area contributed by atoms with Crippen molar-refractivity contribution in [2.75, 3.05) is 14.2 Å². The summed E-state index contributed by atoms with van der Waals surface area (Å²) in [6.45, 7) is 2.13. The lowest BCUT2D eigenvalue weighted by Crippen LogP contribution is -2.11. The van der Waals surface area contributed by atoms with Crippen molar-refractivity contribution in [3.05, 3.63) is 48.0 Å². The van der Waals surface area contributed by atoms with Crippen LogP contribution in [0.4, 0.5) is 0 Å². The molecule has 1 unspecified atom stereocenters. The minimum absolute atomic E-state index is 0.537. The van der Waals surface area contributed by atoms with E-state index < -0.39 is 0 Å². The fraction of sp³-hybridized carbons (Fsp3) is 0.200. The zero-order valence-electron chi connectivity index (χ0n) is 10.9. The van der Waals surface area contributed by atoms with Crippen molar-refractivity contribution < 1.29 is 9.47 Å². The predicted molar refractivity (Wildman–Crippen MR) is 78.3 cm³/mol. The quantitative estimate of drug-likeness (QED) is 0.787. The number of benzene rings is 2. The molecule has 0 heterocycles. The van der Waals surface area contributed by atoms with Crippen molar-refractivity contribution in [3.63, 3.8) is 0 Å². The zero-order chi connectivity index (χ0) is 13.0. The smallest absolute Gasteiger partial charge is 0.130 e. The average molecular weight is 260 g/mol. The molecular weight excluding hydrogens is 243 g/mol. The lowest BCUT2D eigenvalue weighted by molar-refractivity contribution is 0.401. The summed E-state index contributed by atoms with van der Waals surface area (Å²) in [5.41, 5.74) is 1.30. The van der Waals surface area contributed by atoms with E-state index in [1.54, 1.807) is 14.2 Å². The van der Waals surface area contributed by atoms with Crippen molar-refractivity contribution in [1.82, 2.24) is 0 Å². The second kappa shape index (κ2) is 5.88. The summed E-state index contributed by atoms with van der Waals surface area (Å²) >= 11 is 0. The van der Waals surface area contributed by atoms with E-state index >= 15 is 0 Å². The van der Waals surface area contributed by atoms with Crippen LogP contribution in [0.3, 0.4) is 0 Å². The molecule has 2 rings (SSSR count). The van der Waals surface area contributed by atoms with E-state index in [0.717, 1.165) is 16.8 Å². The molecule has 0 aliphatic carbocycles. The van der Waals surface area contributed by atoms with Gasteiger partial charge in [0, 0.05) is 0 Å². The van der Waals surface area contributed by atoms with Gasteiger partial charge in [-0.25, -0.2) is 0 Å². The van der Waals surface area contributed by atoms with Gasteiger partial charge in [-0.3, -0.25) is 0 Å². The first kappa shape index (κ1) is 12.9. The Kier molecular flexibility index (Phi) is 4.22. The first-order chi connectivity index (χ1) is 8.76. The summed E-state index contributed by atoms with van der Waals surface area (Å²) < 4.78 is 10.9. The molecule has 0 bridgehead atoms. The molecule has 1 atom stereocenters. The van der Waals surface area contributed by atoms with Gasteiger partial charge in [-0.05, 0) is 29.9 Å². The molecule has 2 aromatic rings. The Balaban J connectivity index is 2.42. The Morgan fingerprint density at radius 2 is 1.44 bits per heavy atom. The highest BCUT2D eigenvalue weighted by molar-refractivity contribution is 7.56. The molecule has 0 N–H and O–H groups in total. The molecule has 0 saturated carbocycles. The molecule has 18 heavy (non-hydrogen) atoms. The molecule has 0 aliphatic rings. The summed E-state index contributed by atoms with van der Waals surface area (Å²) in [5.74, 6) is 1.77. The summed E-state index contributed by atoms with van der Waals surface area (Å²) in [7, 11) is 3.93. The van der Waals surface area contributed by atoms with Gasteiger partial charge in [0.2, 0.25) is 0 Å². The number of hydrogen-bond donors (Lipinski definition) is 0. The highest BCUT2D eigenvalue weighted by Crippen LogP contribution is 2.27. The Morgan fingerprint density at radius 3 is 2.00 bits per heavy atom. The van der Waals surface area contributed by atoms with Crippen LogP contribution in [-0.2, 0) is 0 Å². The Hall–Kier alpha value is -1.53. The van der Waals surface area contributed by atoms with E-state index in [1.165, 1.54) is 10.9 Å². The molecule has 0 radical (unpaired) electrons. The van der Waals surface area contributed by atoms with E-state index in [2.05, 4.69) is 31.2 Å². The summed E-state index contributed by atoms with van der Waals surface area (Å²) in [6.07, 6.45) is 0. The van der Waals surface area contributed by atoms with Crippen LogP contribution in [-0.4, -0.2) is 14.2 Å². The largest absolute Gasteiger partial charge is 0.496 e. The average Bonchev–Trinajstić information content (AvgIpc) is 2.41. The molecule has 3 heteroatoms. The number of methoxy groups -OCH3 is 2. The van der Waals surface area contributed by atoms with Gasteiger partial charge in [0.05, 0.1) is 19.5 Å². The van der Waals surface area contributed by atoms with Crippen molar-refractivity contribution in [1.29, 1.82) is 0 Å². The number of ether oxygens (including phenoxy) is 2. The molecule has 0 saturated heterocycles. The lowest BCUT2D eigenvalue weighted by atomic mass is 10.2.